The molecule has 5 rings (SSSR count). The fourth-order valence-corrected chi connectivity index (χ4v) is 5.60. The molecule has 3 aromatic carbocycles. The van der Waals surface area contributed by atoms with E-state index in [4.69, 9.17) is 20.8 Å². The molecule has 0 aliphatic heterocycles. The first-order valence-corrected chi connectivity index (χ1v) is 15.0. The number of nitrogens with zero attached hydrogens (tertiary/aromatic N) is 1. The molecule has 3 N–H and O–H groups in total. The number of amides is 2. The number of benzene rings is 3. The second kappa shape index (κ2) is 13.7. The van der Waals surface area contributed by atoms with Gasteiger partial charge in [-0.3, -0.25) is 9.59 Å². The molecule has 43 heavy (non-hydrogen) atoms. The van der Waals surface area contributed by atoms with Gasteiger partial charge in [0.1, 0.15) is 29.1 Å². The smallest absolute Gasteiger partial charge is 0.349 e. The Kier molecular flexibility index (Phi) is 9.81. The monoisotopic (exact) mass is 714 g/mol. The van der Waals surface area contributed by atoms with Crippen LogP contribution in [0.5, 0.6) is 5.75 Å². The Bertz CT molecular complexity index is 1720. The summed E-state index contributed by atoms with van der Waals surface area (Å²) in [6.45, 7) is -0.242. The molecule has 9 nitrogen and oxygen atoms in total. The van der Waals surface area contributed by atoms with Gasteiger partial charge in [0.05, 0.1) is 16.2 Å². The highest BCUT2D eigenvalue weighted by Crippen LogP contribution is 2.31. The molecule has 1 aromatic heterocycles. The zero-order valence-corrected chi connectivity index (χ0v) is 25.7. The predicted molar refractivity (Wildman–Crippen MR) is 170 cm³/mol. The van der Waals surface area contributed by atoms with Gasteiger partial charge in [0, 0.05) is 35.5 Å². The lowest BCUT2D eigenvalue weighted by atomic mass is 9.87. The van der Waals surface area contributed by atoms with Crippen molar-refractivity contribution in [2.45, 2.75) is 31.2 Å². The van der Waals surface area contributed by atoms with Gasteiger partial charge < -0.3 is 29.6 Å². The van der Waals surface area contributed by atoms with E-state index < -0.39 is 35.7 Å². The average Bonchev–Trinajstić information content (AvgIpc) is 3.01. The SMILES string of the molecule is O=C(NCCO)C1=CC(Oc2ccccc2I)C(O)C(N(Cc2ccc(Cl)cc2)C(=O)c2cc3ccccc3oc2=O)C1. The number of aliphatic hydroxyl groups excluding tert-OH is 2. The van der Waals surface area contributed by atoms with Crippen LogP contribution in [0.15, 0.2) is 99.7 Å². The third-order valence-corrected chi connectivity index (χ3v) is 8.26. The standard InChI is InChI=1S/C32H28ClIN2O7/c33-22-11-9-19(10-12-22)18-36(31(40)23-15-20-5-1-3-7-26(20)43-32(23)41)25-16-21(30(39)35-13-14-37)17-28(29(25)38)42-27-8-4-2-6-24(27)34/h1-12,15,17,25,28-29,37-38H,13-14,16,18H2,(H,35,39). The van der Waals surface area contributed by atoms with Gasteiger partial charge in [-0.2, -0.15) is 0 Å². The number of nitrogens with one attached hydrogen (secondary N) is 1. The molecule has 0 saturated carbocycles. The van der Waals surface area contributed by atoms with Crippen LogP contribution in [0.4, 0.5) is 0 Å². The Morgan fingerprint density at radius 2 is 1.79 bits per heavy atom. The number of fused-ring (bicyclic) bond motifs is 1. The number of carbonyl (C=O) groups excluding carboxylic acids is 2. The zero-order chi connectivity index (χ0) is 30.5. The van der Waals surface area contributed by atoms with Crippen molar-refractivity contribution in [2.24, 2.45) is 0 Å². The van der Waals surface area contributed by atoms with Crippen molar-refractivity contribution in [1.82, 2.24) is 10.2 Å². The second-order valence-electron chi connectivity index (χ2n) is 9.99. The van der Waals surface area contributed by atoms with Crippen LogP contribution in [0.3, 0.4) is 0 Å². The molecule has 11 heteroatoms. The number of aliphatic hydroxyl groups is 2. The number of rotatable bonds is 9. The van der Waals surface area contributed by atoms with Crippen LogP contribution in [0.2, 0.25) is 5.02 Å². The number of ether oxygens (including phenoxy) is 1. The van der Waals surface area contributed by atoms with Crippen LogP contribution in [0.25, 0.3) is 11.0 Å². The van der Waals surface area contributed by atoms with Crippen molar-refractivity contribution in [3.8, 4) is 5.75 Å². The molecule has 0 spiro atoms. The van der Waals surface area contributed by atoms with Crippen LogP contribution in [0, 0.1) is 3.57 Å². The van der Waals surface area contributed by atoms with E-state index in [1.807, 2.05) is 12.1 Å². The van der Waals surface area contributed by atoms with Crippen molar-refractivity contribution in [3.05, 3.63) is 121 Å². The Balaban J connectivity index is 1.58. The number of para-hydroxylation sites is 2. The molecular weight excluding hydrogens is 687 g/mol. The van der Waals surface area contributed by atoms with E-state index in [0.717, 1.165) is 3.57 Å². The maximum atomic E-state index is 14.2. The highest BCUT2D eigenvalue weighted by atomic mass is 127. The van der Waals surface area contributed by atoms with Gasteiger partial charge >= 0.3 is 5.63 Å². The Labute approximate surface area is 265 Å². The predicted octanol–water partition coefficient (Wildman–Crippen LogP) is 4.31. The van der Waals surface area contributed by atoms with Gasteiger partial charge in [0.15, 0.2) is 0 Å². The van der Waals surface area contributed by atoms with E-state index in [2.05, 4.69) is 27.9 Å². The Hall–Kier alpha value is -3.71. The van der Waals surface area contributed by atoms with Gasteiger partial charge in [-0.1, -0.05) is 54.1 Å². The van der Waals surface area contributed by atoms with Crippen molar-refractivity contribution in [3.63, 3.8) is 0 Å². The lowest BCUT2D eigenvalue weighted by molar-refractivity contribution is -0.118. The average molecular weight is 715 g/mol. The molecule has 1 aliphatic carbocycles. The van der Waals surface area contributed by atoms with Crippen LogP contribution in [-0.4, -0.2) is 58.3 Å². The second-order valence-corrected chi connectivity index (χ2v) is 11.6. The van der Waals surface area contributed by atoms with Crippen LogP contribution in [0.1, 0.15) is 22.3 Å². The van der Waals surface area contributed by atoms with E-state index in [1.54, 1.807) is 60.7 Å². The summed E-state index contributed by atoms with van der Waals surface area (Å²) in [7, 11) is 0. The third kappa shape index (κ3) is 7.10. The summed E-state index contributed by atoms with van der Waals surface area (Å²) in [6, 6.07) is 21.4. The van der Waals surface area contributed by atoms with Crippen LogP contribution >= 0.6 is 34.2 Å². The largest absolute Gasteiger partial charge is 0.482 e. The van der Waals surface area contributed by atoms with Crippen molar-refractivity contribution in [1.29, 1.82) is 0 Å². The van der Waals surface area contributed by atoms with Crippen LogP contribution in [-0.2, 0) is 11.3 Å². The Morgan fingerprint density at radius 3 is 2.53 bits per heavy atom. The summed E-state index contributed by atoms with van der Waals surface area (Å²) in [5, 5.41) is 24.7. The molecule has 0 bridgehead atoms. The maximum absolute atomic E-state index is 14.2. The summed E-state index contributed by atoms with van der Waals surface area (Å²) < 4.78 is 12.4. The minimum atomic E-state index is -1.28. The topological polar surface area (TPSA) is 129 Å². The van der Waals surface area contributed by atoms with Gasteiger partial charge in [-0.25, -0.2) is 4.79 Å². The molecule has 0 saturated heterocycles. The molecule has 222 valence electrons. The third-order valence-electron chi connectivity index (χ3n) is 7.11. The van der Waals surface area contributed by atoms with Gasteiger partial charge in [0.25, 0.3) is 5.91 Å². The van der Waals surface area contributed by atoms with Gasteiger partial charge in [-0.15, -0.1) is 0 Å². The number of carbonyl (C=O) groups is 2. The van der Waals surface area contributed by atoms with Gasteiger partial charge in [-0.05, 0) is 70.6 Å². The highest BCUT2D eigenvalue weighted by Gasteiger charge is 2.41. The van der Waals surface area contributed by atoms with Crippen molar-refractivity contribution >= 4 is 57.0 Å². The summed E-state index contributed by atoms with van der Waals surface area (Å²) >= 11 is 8.21. The van der Waals surface area contributed by atoms with E-state index in [-0.39, 0.29) is 37.3 Å². The zero-order valence-electron chi connectivity index (χ0n) is 22.8. The molecule has 2 amide bonds. The molecule has 1 aliphatic rings. The molecule has 3 unspecified atom stereocenters. The fourth-order valence-electron chi connectivity index (χ4n) is 4.96. The van der Waals surface area contributed by atoms with Crippen LogP contribution < -0.4 is 15.7 Å². The molecule has 0 fully saturated rings. The van der Waals surface area contributed by atoms with E-state index in [1.165, 1.54) is 17.0 Å². The molecular formula is C32H28ClIN2O7. The first-order valence-electron chi connectivity index (χ1n) is 13.5. The summed E-state index contributed by atoms with van der Waals surface area (Å²) in [5.41, 5.74) is 0.252. The highest BCUT2D eigenvalue weighted by molar-refractivity contribution is 14.1. The summed E-state index contributed by atoms with van der Waals surface area (Å²) in [5.74, 6) is -0.653. The number of hydrogen-bond acceptors (Lipinski definition) is 7. The number of halogens is 2. The lowest BCUT2D eigenvalue weighted by Gasteiger charge is -2.40. The van der Waals surface area contributed by atoms with Crippen molar-refractivity contribution < 1.29 is 29.0 Å². The summed E-state index contributed by atoms with van der Waals surface area (Å²) in [6.07, 6.45) is -0.804. The minimum Gasteiger partial charge on any atom is -0.482 e. The lowest BCUT2D eigenvalue weighted by Crippen LogP contribution is -2.55. The number of hydrogen-bond donors (Lipinski definition) is 3. The molecule has 0 radical (unpaired) electrons. The van der Waals surface area contributed by atoms with E-state index >= 15 is 0 Å². The first kappa shape index (κ1) is 30.7. The maximum Gasteiger partial charge on any atom is 0.349 e. The molecule has 1 heterocycles. The normalized spacial score (nSPS) is 18.1. The Morgan fingerprint density at radius 1 is 1.07 bits per heavy atom. The fraction of sp³-hybridized carbons (Fsp3) is 0.219. The van der Waals surface area contributed by atoms with E-state index in [0.29, 0.717) is 27.3 Å². The van der Waals surface area contributed by atoms with Crippen molar-refractivity contribution in [2.75, 3.05) is 13.2 Å². The van der Waals surface area contributed by atoms with Gasteiger partial charge in [0.2, 0.25) is 5.91 Å². The van der Waals surface area contributed by atoms with E-state index in [9.17, 15) is 24.6 Å². The summed E-state index contributed by atoms with van der Waals surface area (Å²) in [4.78, 5) is 41.8. The quantitative estimate of drug-likeness (QED) is 0.174. The molecule has 4 aromatic rings. The minimum absolute atomic E-state index is 0.00880. The molecule has 3 atom stereocenters. The first-order chi connectivity index (χ1) is 20.7.